The minimum absolute atomic E-state index is 0.0185. The molecule has 0 spiro atoms. The highest BCUT2D eigenvalue weighted by Gasteiger charge is 1.98. The molecular formula is C10H13NO5. The number of aliphatic carboxylic acids is 2. The molecule has 6 heteroatoms. The summed E-state index contributed by atoms with van der Waals surface area (Å²) in [5.74, 6) is -1.68. The number of carboxylic acids is 2. The van der Waals surface area contributed by atoms with Crippen LogP contribution in [0.5, 0.6) is 0 Å². The monoisotopic (exact) mass is 227 g/mol. The Kier molecular flexibility index (Phi) is 6.30. The number of carboxylic acid groups (broad SMARTS) is 2. The summed E-state index contributed by atoms with van der Waals surface area (Å²) >= 11 is 0. The van der Waals surface area contributed by atoms with Crippen LogP contribution in [0.25, 0.3) is 0 Å². The molecule has 6 nitrogen and oxygen atoms in total. The highest BCUT2D eigenvalue weighted by Crippen LogP contribution is 2.07. The highest BCUT2D eigenvalue weighted by molar-refractivity contribution is 5.89. The van der Waals surface area contributed by atoms with Crippen molar-refractivity contribution in [2.75, 3.05) is 0 Å². The molecule has 0 aliphatic rings. The Balaban J connectivity index is 0.000000281. The van der Waals surface area contributed by atoms with Crippen molar-refractivity contribution in [3.63, 3.8) is 0 Å². The Morgan fingerprint density at radius 3 is 2.06 bits per heavy atom. The first kappa shape index (κ1) is 13.9. The molecule has 0 fully saturated rings. The minimum Gasteiger partial charge on any atom is -0.478 e. The van der Waals surface area contributed by atoms with Gasteiger partial charge in [0.15, 0.2) is 0 Å². The molecule has 0 saturated carbocycles. The molecule has 0 amide bonds. The van der Waals surface area contributed by atoms with Crippen LogP contribution in [0.4, 0.5) is 0 Å². The first-order valence-electron chi connectivity index (χ1n) is 4.36. The second-order valence-electron chi connectivity index (χ2n) is 2.81. The highest BCUT2D eigenvalue weighted by atomic mass is 16.4. The van der Waals surface area contributed by atoms with E-state index in [1.807, 2.05) is 19.1 Å². The molecule has 16 heavy (non-hydrogen) atoms. The van der Waals surface area contributed by atoms with Crippen molar-refractivity contribution in [2.24, 2.45) is 5.73 Å². The van der Waals surface area contributed by atoms with E-state index in [0.717, 1.165) is 5.76 Å². The number of furan rings is 1. The third-order valence-electron chi connectivity index (χ3n) is 1.36. The van der Waals surface area contributed by atoms with E-state index in [4.69, 9.17) is 20.4 Å². The number of nitrogens with two attached hydrogens (primary N) is 1. The fourth-order valence-electron chi connectivity index (χ4n) is 0.693. The van der Waals surface area contributed by atoms with Crippen LogP contribution in [-0.2, 0) is 9.59 Å². The van der Waals surface area contributed by atoms with E-state index in [1.165, 1.54) is 0 Å². The van der Waals surface area contributed by atoms with Crippen LogP contribution in [0, 0.1) is 0 Å². The fourth-order valence-corrected chi connectivity index (χ4v) is 0.693. The van der Waals surface area contributed by atoms with Gasteiger partial charge in [-0.15, -0.1) is 0 Å². The topological polar surface area (TPSA) is 114 Å². The van der Waals surface area contributed by atoms with Crippen LogP contribution in [-0.4, -0.2) is 22.2 Å². The van der Waals surface area contributed by atoms with Crippen LogP contribution in [0.15, 0.2) is 35.0 Å². The third kappa shape index (κ3) is 7.34. The van der Waals surface area contributed by atoms with Crippen LogP contribution >= 0.6 is 0 Å². The van der Waals surface area contributed by atoms with Gasteiger partial charge in [0.2, 0.25) is 0 Å². The van der Waals surface area contributed by atoms with Gasteiger partial charge in [0, 0.05) is 12.2 Å². The van der Waals surface area contributed by atoms with Gasteiger partial charge in [-0.2, -0.15) is 0 Å². The van der Waals surface area contributed by atoms with Gasteiger partial charge in [0.1, 0.15) is 5.76 Å². The molecule has 1 unspecified atom stereocenters. The van der Waals surface area contributed by atoms with Crippen LogP contribution < -0.4 is 5.73 Å². The summed E-state index contributed by atoms with van der Waals surface area (Å²) in [4.78, 5) is 19.1. The third-order valence-corrected chi connectivity index (χ3v) is 1.36. The maximum Gasteiger partial charge on any atom is 0.328 e. The average molecular weight is 227 g/mol. The van der Waals surface area contributed by atoms with Gasteiger partial charge >= 0.3 is 11.9 Å². The molecule has 1 atom stereocenters. The van der Waals surface area contributed by atoms with Crippen molar-refractivity contribution in [3.8, 4) is 0 Å². The fraction of sp³-hybridized carbons (Fsp3) is 0.200. The van der Waals surface area contributed by atoms with E-state index in [-0.39, 0.29) is 6.04 Å². The molecule has 1 aromatic rings. The van der Waals surface area contributed by atoms with Crippen LogP contribution in [0.3, 0.4) is 0 Å². The molecule has 0 bridgehead atoms. The number of hydrogen-bond acceptors (Lipinski definition) is 4. The summed E-state index contributed by atoms with van der Waals surface area (Å²) in [5, 5.41) is 15.6. The van der Waals surface area contributed by atoms with Crippen LogP contribution in [0.1, 0.15) is 18.7 Å². The quantitative estimate of drug-likeness (QED) is 0.664. The summed E-state index contributed by atoms with van der Waals surface area (Å²) in [5.41, 5.74) is 5.46. The smallest absolute Gasteiger partial charge is 0.328 e. The summed E-state index contributed by atoms with van der Waals surface area (Å²) in [6.07, 6.45) is 2.74. The van der Waals surface area contributed by atoms with Crippen molar-refractivity contribution in [3.05, 3.63) is 36.3 Å². The molecular weight excluding hydrogens is 214 g/mol. The van der Waals surface area contributed by atoms with Gasteiger partial charge in [0.05, 0.1) is 12.3 Å². The SMILES string of the molecule is CC(N)c1ccco1.O=C(O)C=CC(=O)O. The maximum absolute atomic E-state index is 9.55. The first-order chi connectivity index (χ1) is 7.43. The van der Waals surface area contributed by atoms with E-state index in [2.05, 4.69) is 0 Å². The zero-order chi connectivity index (χ0) is 12.6. The van der Waals surface area contributed by atoms with E-state index in [0.29, 0.717) is 12.2 Å². The molecule has 0 saturated heterocycles. The lowest BCUT2D eigenvalue weighted by Gasteiger charge is -1.95. The molecule has 4 N–H and O–H groups in total. The lowest BCUT2D eigenvalue weighted by atomic mass is 10.3. The van der Waals surface area contributed by atoms with Crippen molar-refractivity contribution < 1.29 is 24.2 Å². The summed E-state index contributed by atoms with van der Waals surface area (Å²) in [7, 11) is 0. The molecule has 0 aliphatic carbocycles. The minimum atomic E-state index is -1.26. The van der Waals surface area contributed by atoms with E-state index < -0.39 is 11.9 Å². The van der Waals surface area contributed by atoms with E-state index in [9.17, 15) is 9.59 Å². The number of rotatable bonds is 3. The van der Waals surface area contributed by atoms with Crippen molar-refractivity contribution in [1.82, 2.24) is 0 Å². The van der Waals surface area contributed by atoms with E-state index in [1.54, 1.807) is 6.26 Å². The molecule has 1 heterocycles. The van der Waals surface area contributed by atoms with Gasteiger partial charge in [-0.25, -0.2) is 9.59 Å². The van der Waals surface area contributed by atoms with Crippen LogP contribution in [0.2, 0.25) is 0 Å². The molecule has 1 aromatic heterocycles. The Hall–Kier alpha value is -2.08. The van der Waals surface area contributed by atoms with Crippen molar-refractivity contribution in [2.45, 2.75) is 13.0 Å². The lowest BCUT2D eigenvalue weighted by Crippen LogP contribution is -2.02. The Morgan fingerprint density at radius 2 is 1.88 bits per heavy atom. The predicted octanol–water partition coefficient (Wildman–Crippen LogP) is 1.01. The molecule has 88 valence electrons. The summed E-state index contributed by atoms with van der Waals surface area (Å²) < 4.78 is 4.97. The van der Waals surface area contributed by atoms with Crippen molar-refractivity contribution in [1.29, 1.82) is 0 Å². The van der Waals surface area contributed by atoms with E-state index >= 15 is 0 Å². The second-order valence-corrected chi connectivity index (χ2v) is 2.81. The van der Waals surface area contributed by atoms with Gasteiger partial charge < -0.3 is 20.4 Å². The number of carbonyl (C=O) groups is 2. The average Bonchev–Trinajstić information content (AvgIpc) is 2.68. The lowest BCUT2D eigenvalue weighted by molar-refractivity contribution is -0.134. The first-order valence-corrected chi connectivity index (χ1v) is 4.36. The second kappa shape index (κ2) is 7.24. The van der Waals surface area contributed by atoms with Crippen molar-refractivity contribution >= 4 is 11.9 Å². The van der Waals surface area contributed by atoms with Gasteiger partial charge in [-0.3, -0.25) is 0 Å². The summed E-state index contributed by atoms with van der Waals surface area (Å²) in [6, 6.07) is 3.72. The standard InChI is InChI=1S/C6H9NO.C4H4O4/c1-5(7)6-3-2-4-8-6;5-3(6)1-2-4(7)8/h2-5H,7H2,1H3;1-2H,(H,5,6)(H,7,8). The zero-order valence-corrected chi connectivity index (χ0v) is 8.66. The Morgan fingerprint density at radius 1 is 1.38 bits per heavy atom. The number of hydrogen-bond donors (Lipinski definition) is 3. The predicted molar refractivity (Wildman–Crippen MR) is 55.7 cm³/mol. The molecule has 1 rings (SSSR count). The Labute approximate surface area is 92.0 Å². The molecule has 0 aromatic carbocycles. The Bertz CT molecular complexity index is 337. The largest absolute Gasteiger partial charge is 0.478 e. The van der Waals surface area contributed by atoms with Gasteiger partial charge in [0.25, 0.3) is 0 Å². The summed E-state index contributed by atoms with van der Waals surface area (Å²) in [6.45, 7) is 1.89. The zero-order valence-electron chi connectivity index (χ0n) is 8.66. The van der Waals surface area contributed by atoms with Gasteiger partial charge in [-0.05, 0) is 19.1 Å². The molecule has 0 radical (unpaired) electrons. The van der Waals surface area contributed by atoms with Gasteiger partial charge in [-0.1, -0.05) is 0 Å². The normalized spacial score (nSPS) is 11.6. The maximum atomic E-state index is 9.55. The molecule has 0 aliphatic heterocycles.